The van der Waals surface area contributed by atoms with Crippen LogP contribution in [0.15, 0.2) is 42.3 Å². The van der Waals surface area contributed by atoms with Gasteiger partial charge >= 0.3 is 0 Å². The Balaban J connectivity index is 1.57. The van der Waals surface area contributed by atoms with Crippen molar-refractivity contribution >= 4 is 11.3 Å². The summed E-state index contributed by atoms with van der Waals surface area (Å²) >= 11 is 1.74. The number of hydrogen-bond donors (Lipinski definition) is 2. The maximum Gasteiger partial charge on any atom is 0.128 e. The van der Waals surface area contributed by atoms with Crippen molar-refractivity contribution in [2.45, 2.75) is 19.0 Å². The molecule has 7 heteroatoms. The van der Waals surface area contributed by atoms with Gasteiger partial charge < -0.3 is 10.3 Å². The minimum Gasteiger partial charge on any atom is -0.347 e. The molecule has 0 saturated carbocycles. The predicted octanol–water partition coefficient (Wildman–Crippen LogP) is 1.83. The quantitative estimate of drug-likeness (QED) is 0.651. The fraction of sp³-hybridized carbons (Fsp3) is 0.308. The van der Waals surface area contributed by atoms with Crippen LogP contribution in [0.5, 0.6) is 0 Å². The molecule has 0 radical (unpaired) electrons. The third-order valence-electron chi connectivity index (χ3n) is 3.00. The highest BCUT2D eigenvalue weighted by atomic mass is 32.1. The molecule has 0 aromatic carbocycles. The number of aromatic amines is 1. The van der Waals surface area contributed by atoms with Crippen molar-refractivity contribution in [3.8, 4) is 0 Å². The highest BCUT2D eigenvalue weighted by molar-refractivity contribution is 7.10. The van der Waals surface area contributed by atoms with Crippen LogP contribution in [0, 0.1) is 0 Å². The number of aryl methyl sites for hydroxylation is 1. The second kappa shape index (κ2) is 6.44. The van der Waals surface area contributed by atoms with Crippen LogP contribution >= 0.6 is 11.3 Å². The molecule has 2 N–H and O–H groups in total. The van der Waals surface area contributed by atoms with Crippen LogP contribution in [-0.4, -0.2) is 31.5 Å². The summed E-state index contributed by atoms with van der Waals surface area (Å²) in [4.78, 5) is 8.81. The molecule has 0 aliphatic heterocycles. The average Bonchev–Trinajstić information content (AvgIpc) is 3.22. The van der Waals surface area contributed by atoms with Crippen molar-refractivity contribution in [1.29, 1.82) is 0 Å². The molecule has 3 aromatic heterocycles. The van der Waals surface area contributed by atoms with Crippen molar-refractivity contribution in [3.05, 3.63) is 53.0 Å². The van der Waals surface area contributed by atoms with Crippen molar-refractivity contribution in [2.75, 3.05) is 6.54 Å². The van der Waals surface area contributed by atoms with Gasteiger partial charge in [-0.05, 0) is 24.4 Å². The summed E-state index contributed by atoms with van der Waals surface area (Å²) in [6.07, 6.45) is 8.21. The molecule has 0 amide bonds. The zero-order valence-corrected chi connectivity index (χ0v) is 11.8. The first-order valence-corrected chi connectivity index (χ1v) is 7.41. The number of H-pyrrole nitrogens is 1. The monoisotopic (exact) mass is 288 g/mol. The molecule has 1 unspecified atom stereocenters. The van der Waals surface area contributed by atoms with E-state index in [1.54, 1.807) is 23.7 Å². The smallest absolute Gasteiger partial charge is 0.128 e. The topological polar surface area (TPSA) is 71.4 Å². The van der Waals surface area contributed by atoms with Gasteiger partial charge in [-0.3, -0.25) is 4.68 Å². The summed E-state index contributed by atoms with van der Waals surface area (Å²) in [5.74, 6) is 0.952. The lowest BCUT2D eigenvalue weighted by Crippen LogP contribution is -2.24. The third-order valence-corrected chi connectivity index (χ3v) is 3.94. The normalized spacial score (nSPS) is 12.6. The lowest BCUT2D eigenvalue weighted by molar-refractivity contribution is 0.505. The van der Waals surface area contributed by atoms with Gasteiger partial charge in [0.1, 0.15) is 11.9 Å². The molecule has 6 nitrogen and oxygen atoms in total. The van der Waals surface area contributed by atoms with E-state index < -0.39 is 0 Å². The van der Waals surface area contributed by atoms with Crippen LogP contribution in [0.25, 0.3) is 0 Å². The Morgan fingerprint density at radius 1 is 1.40 bits per heavy atom. The van der Waals surface area contributed by atoms with E-state index in [-0.39, 0.29) is 6.04 Å². The molecule has 104 valence electrons. The molecule has 0 saturated heterocycles. The van der Waals surface area contributed by atoms with Crippen molar-refractivity contribution < 1.29 is 0 Å². The lowest BCUT2D eigenvalue weighted by atomic mass is 10.2. The van der Waals surface area contributed by atoms with Crippen LogP contribution in [0.2, 0.25) is 0 Å². The van der Waals surface area contributed by atoms with E-state index in [0.717, 1.165) is 25.3 Å². The van der Waals surface area contributed by atoms with E-state index in [9.17, 15) is 0 Å². The molecule has 0 fully saturated rings. The van der Waals surface area contributed by atoms with Crippen LogP contribution < -0.4 is 5.32 Å². The van der Waals surface area contributed by atoms with Crippen molar-refractivity contribution in [3.63, 3.8) is 0 Å². The van der Waals surface area contributed by atoms with Crippen LogP contribution in [0.1, 0.15) is 23.2 Å². The van der Waals surface area contributed by atoms with Gasteiger partial charge in [0.15, 0.2) is 0 Å². The third kappa shape index (κ3) is 3.12. The molecule has 3 aromatic rings. The van der Waals surface area contributed by atoms with Crippen LogP contribution in [0.3, 0.4) is 0 Å². The first kappa shape index (κ1) is 13.0. The second-order valence-electron chi connectivity index (χ2n) is 4.40. The van der Waals surface area contributed by atoms with Crippen LogP contribution in [-0.2, 0) is 6.54 Å². The number of nitrogens with zero attached hydrogens (tertiary/aromatic N) is 4. The van der Waals surface area contributed by atoms with E-state index in [1.165, 1.54) is 4.88 Å². The number of rotatable bonds is 7. The second-order valence-corrected chi connectivity index (χ2v) is 5.38. The van der Waals surface area contributed by atoms with E-state index in [4.69, 9.17) is 0 Å². The Hall–Kier alpha value is -1.99. The summed E-state index contributed by atoms with van der Waals surface area (Å²) in [6.45, 7) is 1.76. The fourth-order valence-corrected chi connectivity index (χ4v) is 2.86. The molecule has 3 rings (SSSR count). The first-order chi connectivity index (χ1) is 9.93. The number of hydrogen-bond acceptors (Lipinski definition) is 5. The van der Waals surface area contributed by atoms with Gasteiger partial charge in [-0.1, -0.05) is 11.3 Å². The molecule has 0 aliphatic rings. The summed E-state index contributed by atoms with van der Waals surface area (Å²) in [7, 11) is 0. The van der Waals surface area contributed by atoms with Gasteiger partial charge in [0.25, 0.3) is 0 Å². The summed E-state index contributed by atoms with van der Waals surface area (Å²) in [5, 5.41) is 13.4. The zero-order chi connectivity index (χ0) is 13.6. The maximum atomic E-state index is 4.36. The summed E-state index contributed by atoms with van der Waals surface area (Å²) in [6, 6.07) is 4.32. The molecular formula is C13H16N6S. The van der Waals surface area contributed by atoms with E-state index in [0.29, 0.717) is 0 Å². The van der Waals surface area contributed by atoms with E-state index in [2.05, 4.69) is 43.1 Å². The summed E-state index contributed by atoms with van der Waals surface area (Å²) in [5.41, 5.74) is 0. The van der Waals surface area contributed by atoms with Gasteiger partial charge in [-0.25, -0.2) is 4.98 Å². The van der Waals surface area contributed by atoms with Gasteiger partial charge in [-0.2, -0.15) is 0 Å². The Morgan fingerprint density at radius 2 is 2.40 bits per heavy atom. The number of aromatic nitrogens is 5. The molecule has 0 aliphatic carbocycles. The molecule has 20 heavy (non-hydrogen) atoms. The number of nitrogens with one attached hydrogen (secondary N) is 2. The zero-order valence-electron chi connectivity index (χ0n) is 10.9. The average molecular weight is 288 g/mol. The largest absolute Gasteiger partial charge is 0.347 e. The van der Waals surface area contributed by atoms with E-state index >= 15 is 0 Å². The highest BCUT2D eigenvalue weighted by Crippen LogP contribution is 2.23. The highest BCUT2D eigenvalue weighted by Gasteiger charge is 2.16. The standard InChI is InChI=1S/C13H16N6S/c1-3-11(20-10-1)12(13-15-5-6-16-13)14-4-2-8-19-9-7-17-18-19/h1,3,5-7,9-10,12,14H,2,4,8H2,(H,15,16). The van der Waals surface area contributed by atoms with Crippen LogP contribution in [0.4, 0.5) is 0 Å². The lowest BCUT2D eigenvalue weighted by Gasteiger charge is -2.15. The maximum absolute atomic E-state index is 4.36. The Morgan fingerprint density at radius 3 is 3.10 bits per heavy atom. The van der Waals surface area contributed by atoms with Crippen molar-refractivity contribution in [2.24, 2.45) is 0 Å². The number of thiophene rings is 1. The van der Waals surface area contributed by atoms with Gasteiger partial charge in [0.05, 0.1) is 6.20 Å². The SMILES string of the molecule is c1csc(C(NCCCn2ccnn2)c2ncc[nH]2)c1. The Kier molecular flexibility index (Phi) is 4.19. The molecule has 0 bridgehead atoms. The van der Waals surface area contributed by atoms with Gasteiger partial charge in [-0.15, -0.1) is 16.4 Å². The molecule has 1 atom stereocenters. The minimum absolute atomic E-state index is 0.126. The fourth-order valence-electron chi connectivity index (χ4n) is 2.06. The Labute approximate surface area is 120 Å². The first-order valence-electron chi connectivity index (χ1n) is 6.53. The predicted molar refractivity (Wildman–Crippen MR) is 77.4 cm³/mol. The van der Waals surface area contributed by atoms with Crippen molar-refractivity contribution in [1.82, 2.24) is 30.3 Å². The van der Waals surface area contributed by atoms with Gasteiger partial charge in [0.2, 0.25) is 0 Å². The molecule has 0 spiro atoms. The molecule has 3 heterocycles. The molecular weight excluding hydrogens is 272 g/mol. The number of imidazole rings is 1. The minimum atomic E-state index is 0.126. The Bertz CT molecular complexity index is 553. The van der Waals surface area contributed by atoms with E-state index in [1.807, 2.05) is 17.1 Å². The van der Waals surface area contributed by atoms with Gasteiger partial charge in [0, 0.05) is 30.0 Å². The summed E-state index contributed by atoms with van der Waals surface area (Å²) < 4.78 is 1.84.